The van der Waals surface area contributed by atoms with E-state index in [0.717, 1.165) is 25.7 Å². The van der Waals surface area contributed by atoms with Crippen LogP contribution in [0.4, 0.5) is 0 Å². The van der Waals surface area contributed by atoms with E-state index < -0.39 is 21.8 Å². The van der Waals surface area contributed by atoms with Gasteiger partial charge in [0.2, 0.25) is 0 Å². The third kappa shape index (κ3) is 5.44. The third-order valence-corrected chi connectivity index (χ3v) is 4.68. The van der Waals surface area contributed by atoms with Crippen molar-refractivity contribution in [2.45, 2.75) is 25.7 Å². The Bertz CT molecular complexity index is 384. The van der Waals surface area contributed by atoms with Crippen LogP contribution in [0.2, 0.25) is 0 Å². The smallest absolute Gasteiger partial charge is 0.268 e. The Morgan fingerprint density at radius 2 is 1.37 bits per heavy atom. The lowest BCUT2D eigenvalue weighted by Gasteiger charge is -2.22. The molecular formula is C10H18O7S2. The summed E-state index contributed by atoms with van der Waals surface area (Å²) in [7, 11) is -3.73. The van der Waals surface area contributed by atoms with Gasteiger partial charge in [0.1, 0.15) is 0 Å². The quantitative estimate of drug-likeness (QED) is 0.690. The van der Waals surface area contributed by atoms with Crippen LogP contribution in [0.25, 0.3) is 0 Å². The Labute approximate surface area is 115 Å². The second-order valence-electron chi connectivity index (χ2n) is 4.77. The molecule has 0 atom stereocenters. The van der Waals surface area contributed by atoms with Gasteiger partial charge in [-0.3, -0.25) is 8.37 Å². The Hall–Kier alpha value is -0.0600. The normalized spacial score (nSPS) is 32.2. The molecular weight excluding hydrogens is 296 g/mol. The van der Waals surface area contributed by atoms with E-state index in [9.17, 15) is 12.6 Å². The summed E-state index contributed by atoms with van der Waals surface area (Å²) in [5, 5.41) is 0. The van der Waals surface area contributed by atoms with Crippen molar-refractivity contribution in [1.29, 1.82) is 0 Å². The minimum atomic E-state index is -3.73. The topological polar surface area (TPSA) is 88.1 Å². The molecule has 0 bridgehead atoms. The average Bonchev–Trinajstić information content (AvgIpc) is 2.38. The predicted molar refractivity (Wildman–Crippen MR) is 66.3 cm³/mol. The van der Waals surface area contributed by atoms with Crippen LogP contribution in [0.1, 0.15) is 25.7 Å². The minimum Gasteiger partial charge on any atom is -0.268 e. The van der Waals surface area contributed by atoms with Gasteiger partial charge in [-0.1, -0.05) is 12.8 Å². The molecule has 0 spiro atoms. The second-order valence-corrected chi connectivity index (χ2v) is 6.93. The first kappa shape index (κ1) is 15.3. The first-order chi connectivity index (χ1) is 9.05. The van der Waals surface area contributed by atoms with E-state index in [1.54, 1.807) is 0 Å². The standard InChI is InChI=1S/C10H18O7S2/c11-18-14-5-9(6-15-18)3-1-2-4-10-7-16-19(12,13)17-8-10/h9-10H,1-8H2. The summed E-state index contributed by atoms with van der Waals surface area (Å²) < 4.78 is 51.5. The van der Waals surface area contributed by atoms with Gasteiger partial charge in [-0.15, -0.1) is 0 Å². The Morgan fingerprint density at radius 3 is 1.89 bits per heavy atom. The van der Waals surface area contributed by atoms with Gasteiger partial charge < -0.3 is 0 Å². The highest BCUT2D eigenvalue weighted by atomic mass is 32.3. The Balaban J connectivity index is 1.54. The molecule has 7 nitrogen and oxygen atoms in total. The maximum absolute atomic E-state index is 10.9. The molecule has 19 heavy (non-hydrogen) atoms. The lowest BCUT2D eigenvalue weighted by atomic mass is 9.99. The summed E-state index contributed by atoms with van der Waals surface area (Å²) in [5.41, 5.74) is 0. The largest absolute Gasteiger partial charge is 0.399 e. The zero-order chi connectivity index (χ0) is 13.7. The summed E-state index contributed by atoms with van der Waals surface area (Å²) in [5.74, 6) is 0.423. The second kappa shape index (κ2) is 7.09. The molecule has 0 aromatic rings. The van der Waals surface area contributed by atoms with Crippen molar-refractivity contribution in [2.75, 3.05) is 26.4 Å². The minimum absolute atomic E-state index is 0.134. The van der Waals surface area contributed by atoms with Crippen molar-refractivity contribution in [2.24, 2.45) is 11.8 Å². The summed E-state index contributed by atoms with van der Waals surface area (Å²) in [6.45, 7) is 1.36. The molecule has 0 aliphatic carbocycles. The van der Waals surface area contributed by atoms with Gasteiger partial charge in [0.05, 0.1) is 26.4 Å². The molecule has 2 rings (SSSR count). The van der Waals surface area contributed by atoms with Gasteiger partial charge in [0, 0.05) is 11.8 Å². The van der Waals surface area contributed by atoms with Gasteiger partial charge in [-0.25, -0.2) is 8.37 Å². The fourth-order valence-corrected chi connectivity index (χ4v) is 3.49. The number of hydrogen-bond acceptors (Lipinski definition) is 7. The van der Waals surface area contributed by atoms with Gasteiger partial charge >= 0.3 is 21.8 Å². The number of unbranched alkanes of at least 4 members (excludes halogenated alkanes) is 1. The monoisotopic (exact) mass is 314 g/mol. The van der Waals surface area contributed by atoms with Crippen LogP contribution in [-0.2, 0) is 38.5 Å². The zero-order valence-electron chi connectivity index (χ0n) is 10.5. The molecule has 2 aliphatic rings. The van der Waals surface area contributed by atoms with Crippen LogP contribution in [0.3, 0.4) is 0 Å². The number of rotatable bonds is 5. The first-order valence-corrected chi connectivity index (χ1v) is 8.60. The molecule has 0 unspecified atom stereocenters. The molecule has 2 fully saturated rings. The molecule has 0 amide bonds. The molecule has 112 valence electrons. The highest BCUT2D eigenvalue weighted by Crippen LogP contribution is 2.21. The van der Waals surface area contributed by atoms with E-state index in [2.05, 4.69) is 8.37 Å². The lowest BCUT2D eigenvalue weighted by Crippen LogP contribution is -2.28. The van der Waals surface area contributed by atoms with Crippen LogP contribution in [0.15, 0.2) is 0 Å². The lowest BCUT2D eigenvalue weighted by molar-refractivity contribution is 0.0936. The SMILES string of the molecule is O=S1OCC(CCCCC2COS(=O)(=O)OC2)CO1. The molecule has 0 N–H and O–H groups in total. The van der Waals surface area contributed by atoms with E-state index in [4.69, 9.17) is 8.37 Å². The van der Waals surface area contributed by atoms with Crippen LogP contribution in [0.5, 0.6) is 0 Å². The van der Waals surface area contributed by atoms with E-state index in [1.807, 2.05) is 0 Å². The average molecular weight is 314 g/mol. The summed E-state index contributed by atoms with van der Waals surface area (Å²) in [6, 6.07) is 0. The van der Waals surface area contributed by atoms with Crippen LogP contribution < -0.4 is 0 Å². The molecule has 2 heterocycles. The van der Waals surface area contributed by atoms with Gasteiger partial charge in [-0.2, -0.15) is 12.6 Å². The van der Waals surface area contributed by atoms with Gasteiger partial charge in [-0.05, 0) is 12.8 Å². The summed E-state index contributed by atoms with van der Waals surface area (Å²) in [6.07, 6.45) is 3.78. The van der Waals surface area contributed by atoms with Crippen LogP contribution >= 0.6 is 0 Å². The first-order valence-electron chi connectivity index (χ1n) is 6.27. The molecule has 2 aliphatic heterocycles. The van der Waals surface area contributed by atoms with E-state index >= 15 is 0 Å². The Kier molecular flexibility index (Phi) is 5.72. The van der Waals surface area contributed by atoms with Crippen molar-refractivity contribution in [3.05, 3.63) is 0 Å². The molecule has 9 heteroatoms. The van der Waals surface area contributed by atoms with E-state index in [-0.39, 0.29) is 25.0 Å². The van der Waals surface area contributed by atoms with Gasteiger partial charge in [0.15, 0.2) is 0 Å². The van der Waals surface area contributed by atoms with Crippen molar-refractivity contribution in [3.63, 3.8) is 0 Å². The van der Waals surface area contributed by atoms with Gasteiger partial charge in [0.25, 0.3) is 0 Å². The fourth-order valence-electron chi connectivity index (χ4n) is 2.03. The maximum Gasteiger partial charge on any atom is 0.399 e. The molecule has 2 saturated heterocycles. The van der Waals surface area contributed by atoms with Crippen LogP contribution in [0, 0.1) is 11.8 Å². The maximum atomic E-state index is 10.9. The van der Waals surface area contributed by atoms with Crippen molar-refractivity contribution in [1.82, 2.24) is 0 Å². The van der Waals surface area contributed by atoms with E-state index in [0.29, 0.717) is 13.2 Å². The van der Waals surface area contributed by atoms with Crippen LogP contribution in [-0.4, -0.2) is 39.1 Å². The summed E-state index contributed by atoms with van der Waals surface area (Å²) in [4.78, 5) is 0. The third-order valence-electron chi connectivity index (χ3n) is 3.17. The Morgan fingerprint density at radius 1 is 0.895 bits per heavy atom. The molecule has 0 saturated carbocycles. The predicted octanol–water partition coefficient (Wildman–Crippen LogP) is 0.696. The highest BCUT2D eigenvalue weighted by Gasteiger charge is 2.25. The van der Waals surface area contributed by atoms with E-state index in [1.165, 1.54) is 0 Å². The molecule has 0 radical (unpaired) electrons. The van der Waals surface area contributed by atoms with Crippen molar-refractivity contribution in [3.8, 4) is 0 Å². The number of hydrogen-bond donors (Lipinski definition) is 0. The zero-order valence-corrected chi connectivity index (χ0v) is 12.1. The van der Waals surface area contributed by atoms with Crippen molar-refractivity contribution < 1.29 is 29.4 Å². The summed E-state index contributed by atoms with van der Waals surface area (Å²) >= 11 is -1.57. The molecule has 0 aromatic heterocycles. The van der Waals surface area contributed by atoms with Crippen molar-refractivity contribution >= 4 is 21.8 Å². The highest BCUT2D eigenvalue weighted by molar-refractivity contribution is 7.81. The fraction of sp³-hybridized carbons (Fsp3) is 1.00. The molecule has 0 aromatic carbocycles.